The molecular weight excluding hydrogens is 302 g/mol. The van der Waals surface area contributed by atoms with Crippen LogP contribution in [0, 0.1) is 17.0 Å². The third kappa shape index (κ3) is 4.40. The first-order chi connectivity index (χ1) is 11.0. The number of anilines is 1. The van der Waals surface area contributed by atoms with Crippen molar-refractivity contribution in [3.8, 4) is 5.75 Å². The molecule has 1 N–H and O–H groups in total. The number of allylic oxidation sites excluding steroid dienone is 1. The maximum absolute atomic E-state index is 11.8. The van der Waals surface area contributed by atoms with Crippen LogP contribution in [0.4, 0.5) is 11.5 Å². The number of nitro groups is 1. The van der Waals surface area contributed by atoms with Crippen LogP contribution in [0.15, 0.2) is 41.4 Å². The predicted octanol–water partition coefficient (Wildman–Crippen LogP) is 2.64. The molecule has 0 fully saturated rings. The molecule has 2 aromatic rings. The molecule has 8 nitrogen and oxygen atoms in total. The summed E-state index contributed by atoms with van der Waals surface area (Å²) >= 11 is 0. The lowest BCUT2D eigenvalue weighted by Crippen LogP contribution is -2.20. The van der Waals surface area contributed by atoms with E-state index in [-0.39, 0.29) is 12.3 Å². The van der Waals surface area contributed by atoms with Gasteiger partial charge in [0.1, 0.15) is 11.5 Å². The Morgan fingerprint density at radius 2 is 2.30 bits per heavy atom. The van der Waals surface area contributed by atoms with E-state index in [9.17, 15) is 14.9 Å². The Balaban J connectivity index is 2.02. The summed E-state index contributed by atoms with van der Waals surface area (Å²) in [6, 6.07) is 5.76. The largest absolute Gasteiger partial charge is 0.483 e. The van der Waals surface area contributed by atoms with E-state index in [4.69, 9.17) is 9.26 Å². The molecule has 0 aliphatic heterocycles. The SMILES string of the molecule is C=CCc1cc([N+](=O)[O-])ccc1OCC(=O)Nc1cc(C)on1. The van der Waals surface area contributed by atoms with Gasteiger partial charge in [-0.1, -0.05) is 11.2 Å². The number of nitrogens with zero attached hydrogens (tertiary/aromatic N) is 2. The fourth-order valence-electron chi connectivity index (χ4n) is 1.88. The van der Waals surface area contributed by atoms with Crippen molar-refractivity contribution in [3.63, 3.8) is 0 Å². The first-order valence-corrected chi connectivity index (χ1v) is 6.73. The second-order valence-corrected chi connectivity index (χ2v) is 4.70. The molecule has 0 saturated carbocycles. The highest BCUT2D eigenvalue weighted by Crippen LogP contribution is 2.25. The standard InChI is InChI=1S/C15H15N3O5/c1-3-4-11-8-12(18(20)21)5-6-13(11)22-9-15(19)16-14-7-10(2)23-17-14/h3,5-8H,1,4,9H2,2H3,(H,16,17,19). The van der Waals surface area contributed by atoms with Crippen molar-refractivity contribution in [1.29, 1.82) is 0 Å². The van der Waals surface area contributed by atoms with E-state index >= 15 is 0 Å². The smallest absolute Gasteiger partial charge is 0.269 e. The van der Waals surface area contributed by atoms with Gasteiger partial charge < -0.3 is 14.6 Å². The van der Waals surface area contributed by atoms with Crippen LogP contribution in [0.5, 0.6) is 5.75 Å². The highest BCUT2D eigenvalue weighted by atomic mass is 16.6. The van der Waals surface area contributed by atoms with Crippen molar-refractivity contribution in [1.82, 2.24) is 5.16 Å². The van der Waals surface area contributed by atoms with Crippen molar-refractivity contribution >= 4 is 17.4 Å². The molecule has 0 aliphatic rings. The summed E-state index contributed by atoms with van der Waals surface area (Å²) in [6.07, 6.45) is 1.99. The lowest BCUT2D eigenvalue weighted by atomic mass is 10.1. The van der Waals surface area contributed by atoms with E-state index in [0.29, 0.717) is 29.3 Å². The van der Waals surface area contributed by atoms with Gasteiger partial charge in [-0.15, -0.1) is 6.58 Å². The summed E-state index contributed by atoms with van der Waals surface area (Å²) in [5.74, 6) is 0.846. The van der Waals surface area contributed by atoms with Gasteiger partial charge in [0.2, 0.25) is 0 Å². The van der Waals surface area contributed by atoms with Crippen LogP contribution in [0.1, 0.15) is 11.3 Å². The molecular formula is C15H15N3O5. The molecule has 0 atom stereocenters. The number of nitrogens with one attached hydrogen (secondary N) is 1. The number of carbonyl (C=O) groups is 1. The zero-order valence-electron chi connectivity index (χ0n) is 12.4. The minimum atomic E-state index is -0.490. The Kier molecular flexibility index (Phi) is 5.08. The van der Waals surface area contributed by atoms with Crippen LogP contribution in [-0.4, -0.2) is 22.6 Å². The third-order valence-corrected chi connectivity index (χ3v) is 2.87. The first-order valence-electron chi connectivity index (χ1n) is 6.73. The van der Waals surface area contributed by atoms with E-state index in [2.05, 4.69) is 17.1 Å². The Morgan fingerprint density at radius 3 is 2.91 bits per heavy atom. The molecule has 0 unspecified atom stereocenters. The summed E-state index contributed by atoms with van der Waals surface area (Å²) in [7, 11) is 0. The molecule has 120 valence electrons. The average molecular weight is 317 g/mol. The minimum absolute atomic E-state index is 0.0447. The van der Waals surface area contributed by atoms with Gasteiger partial charge in [0.05, 0.1) is 4.92 Å². The average Bonchev–Trinajstić information content (AvgIpc) is 2.91. The van der Waals surface area contributed by atoms with Gasteiger partial charge in [0, 0.05) is 23.8 Å². The van der Waals surface area contributed by atoms with Gasteiger partial charge in [-0.2, -0.15) is 0 Å². The normalized spacial score (nSPS) is 10.1. The number of amides is 1. The van der Waals surface area contributed by atoms with E-state index < -0.39 is 10.8 Å². The van der Waals surface area contributed by atoms with Crippen LogP contribution < -0.4 is 10.1 Å². The number of hydrogen-bond donors (Lipinski definition) is 1. The molecule has 0 radical (unpaired) electrons. The molecule has 2 rings (SSSR count). The Labute approximate surface area is 131 Å². The Hall–Kier alpha value is -3.16. The summed E-state index contributed by atoms with van der Waals surface area (Å²) in [5.41, 5.74) is 0.538. The number of aryl methyl sites for hydroxylation is 1. The van der Waals surface area contributed by atoms with E-state index in [0.717, 1.165) is 0 Å². The van der Waals surface area contributed by atoms with Crippen LogP contribution in [0.2, 0.25) is 0 Å². The van der Waals surface area contributed by atoms with Gasteiger partial charge in [-0.3, -0.25) is 14.9 Å². The summed E-state index contributed by atoms with van der Waals surface area (Å²) < 4.78 is 10.3. The molecule has 0 bridgehead atoms. The monoisotopic (exact) mass is 317 g/mol. The zero-order valence-corrected chi connectivity index (χ0v) is 12.4. The number of benzene rings is 1. The third-order valence-electron chi connectivity index (χ3n) is 2.87. The molecule has 0 aliphatic carbocycles. The number of hydrogen-bond acceptors (Lipinski definition) is 6. The molecule has 1 aromatic carbocycles. The summed E-state index contributed by atoms with van der Waals surface area (Å²) in [4.78, 5) is 22.1. The van der Waals surface area contributed by atoms with Gasteiger partial charge >= 0.3 is 0 Å². The summed E-state index contributed by atoms with van der Waals surface area (Å²) in [6.45, 7) is 5.05. The van der Waals surface area contributed by atoms with Gasteiger partial charge in [-0.05, 0) is 19.4 Å². The number of non-ortho nitro benzene ring substituents is 1. The zero-order chi connectivity index (χ0) is 16.8. The summed E-state index contributed by atoms with van der Waals surface area (Å²) in [5, 5.41) is 17.0. The van der Waals surface area contributed by atoms with Gasteiger partial charge in [0.25, 0.3) is 11.6 Å². The molecule has 8 heteroatoms. The second kappa shape index (κ2) is 7.21. The number of aromatic nitrogens is 1. The molecule has 0 saturated heterocycles. The molecule has 23 heavy (non-hydrogen) atoms. The van der Waals surface area contributed by atoms with Gasteiger partial charge in [-0.25, -0.2) is 0 Å². The Bertz CT molecular complexity index is 738. The van der Waals surface area contributed by atoms with E-state index in [1.54, 1.807) is 19.1 Å². The number of ether oxygens (including phenoxy) is 1. The van der Waals surface area contributed by atoms with Crippen molar-refractivity contribution < 1.29 is 19.0 Å². The maximum atomic E-state index is 11.8. The van der Waals surface area contributed by atoms with Gasteiger partial charge in [0.15, 0.2) is 12.4 Å². The van der Waals surface area contributed by atoms with Crippen LogP contribution in [-0.2, 0) is 11.2 Å². The molecule has 1 amide bonds. The fraction of sp³-hybridized carbons (Fsp3) is 0.200. The van der Waals surface area contributed by atoms with Crippen LogP contribution in [0.3, 0.4) is 0 Å². The highest BCUT2D eigenvalue weighted by Gasteiger charge is 2.13. The van der Waals surface area contributed by atoms with Crippen molar-refractivity contribution in [2.24, 2.45) is 0 Å². The first kappa shape index (κ1) is 16.2. The van der Waals surface area contributed by atoms with E-state index in [1.165, 1.54) is 18.2 Å². The molecule has 1 aromatic heterocycles. The predicted molar refractivity (Wildman–Crippen MR) is 82.4 cm³/mol. The topological polar surface area (TPSA) is 108 Å². The molecule has 1 heterocycles. The van der Waals surface area contributed by atoms with Crippen molar-refractivity contribution in [2.75, 3.05) is 11.9 Å². The maximum Gasteiger partial charge on any atom is 0.269 e. The number of nitro benzene ring substituents is 1. The fourth-order valence-corrected chi connectivity index (χ4v) is 1.88. The highest BCUT2D eigenvalue weighted by molar-refractivity contribution is 5.90. The molecule has 0 spiro atoms. The quantitative estimate of drug-likeness (QED) is 0.478. The number of carbonyl (C=O) groups excluding carboxylic acids is 1. The lowest BCUT2D eigenvalue weighted by molar-refractivity contribution is -0.384. The van der Waals surface area contributed by atoms with E-state index in [1.807, 2.05) is 0 Å². The van der Waals surface area contributed by atoms with Crippen molar-refractivity contribution in [3.05, 3.63) is 58.4 Å². The number of rotatable bonds is 7. The second-order valence-electron chi connectivity index (χ2n) is 4.70. The minimum Gasteiger partial charge on any atom is -0.483 e. The van der Waals surface area contributed by atoms with Crippen molar-refractivity contribution in [2.45, 2.75) is 13.3 Å². The van der Waals surface area contributed by atoms with Crippen LogP contribution >= 0.6 is 0 Å². The Morgan fingerprint density at radius 1 is 1.52 bits per heavy atom. The lowest BCUT2D eigenvalue weighted by Gasteiger charge is -2.10. The van der Waals surface area contributed by atoms with Crippen LogP contribution in [0.25, 0.3) is 0 Å².